The van der Waals surface area contributed by atoms with Gasteiger partial charge < -0.3 is 19.5 Å². The number of rotatable bonds is 7. The first-order chi connectivity index (χ1) is 12.1. The molecule has 1 N–H and O–H groups in total. The van der Waals surface area contributed by atoms with Crippen LogP contribution in [0.1, 0.15) is 27.7 Å². The number of carbonyl (C=O) groups excluding carboxylic acids is 3. The van der Waals surface area contributed by atoms with Crippen LogP contribution in [0.3, 0.4) is 0 Å². The highest BCUT2D eigenvalue weighted by Crippen LogP contribution is 2.16. The first-order valence-electron chi connectivity index (χ1n) is 8.35. The summed E-state index contributed by atoms with van der Waals surface area (Å²) in [6, 6.07) is -0.831. The van der Waals surface area contributed by atoms with Crippen LogP contribution in [0.4, 0.5) is 4.79 Å². The number of esters is 1. The van der Waals surface area contributed by atoms with E-state index in [1.807, 2.05) is 20.8 Å². The summed E-state index contributed by atoms with van der Waals surface area (Å²) < 4.78 is 15.6. The summed E-state index contributed by atoms with van der Waals surface area (Å²) in [5.74, 6) is -0.802. The van der Waals surface area contributed by atoms with E-state index in [1.54, 1.807) is 6.92 Å². The Hall–Kier alpha value is -2.35. The van der Waals surface area contributed by atoms with Crippen molar-refractivity contribution in [2.45, 2.75) is 45.4 Å². The summed E-state index contributed by atoms with van der Waals surface area (Å²) in [5, 5.41) is 2.97. The minimum absolute atomic E-state index is 0.0528. The maximum absolute atomic E-state index is 12.2. The molecule has 0 spiro atoms. The molecular formula is C18H28N2O6. The van der Waals surface area contributed by atoms with Crippen LogP contribution in [-0.2, 0) is 23.8 Å². The highest BCUT2D eigenvalue weighted by molar-refractivity contribution is 5.95. The standard InChI is InChI=1S/C18H28N2O6/c1-7-8-25-17(23)20-10-13(9-14(21)11-20)19-15(16(22)24-6)12(2)26-18(3,4)5/h7,9,12,15,19H,1,8,10-11H2,2-6H3/t12-,15+/m1/s1. The third-order valence-corrected chi connectivity index (χ3v) is 3.43. The molecule has 0 aromatic carbocycles. The van der Waals surface area contributed by atoms with Crippen LogP contribution in [0.5, 0.6) is 0 Å². The molecule has 0 aromatic rings. The maximum atomic E-state index is 12.2. The van der Waals surface area contributed by atoms with Crippen molar-refractivity contribution in [3.8, 4) is 0 Å². The van der Waals surface area contributed by atoms with Crippen LogP contribution in [0.15, 0.2) is 24.4 Å². The Bertz CT molecular complexity index is 579. The fourth-order valence-corrected chi connectivity index (χ4v) is 2.49. The zero-order valence-corrected chi connectivity index (χ0v) is 16.0. The van der Waals surface area contributed by atoms with Crippen molar-refractivity contribution in [3.05, 3.63) is 24.4 Å². The van der Waals surface area contributed by atoms with Gasteiger partial charge in [0.25, 0.3) is 0 Å². The molecule has 0 saturated carbocycles. The van der Waals surface area contributed by atoms with Crippen molar-refractivity contribution in [1.82, 2.24) is 10.2 Å². The summed E-state index contributed by atoms with van der Waals surface area (Å²) >= 11 is 0. The predicted molar refractivity (Wildman–Crippen MR) is 95.4 cm³/mol. The average Bonchev–Trinajstić information content (AvgIpc) is 2.54. The number of nitrogens with zero attached hydrogens (tertiary/aromatic N) is 1. The Morgan fingerprint density at radius 2 is 2.04 bits per heavy atom. The summed E-state index contributed by atoms with van der Waals surface area (Å²) in [4.78, 5) is 37.3. The predicted octanol–water partition coefficient (Wildman–Crippen LogP) is 1.41. The van der Waals surface area contributed by atoms with Crippen LogP contribution >= 0.6 is 0 Å². The van der Waals surface area contributed by atoms with Gasteiger partial charge in [0.15, 0.2) is 11.8 Å². The lowest BCUT2D eigenvalue weighted by Crippen LogP contribution is -2.51. The van der Waals surface area contributed by atoms with Crippen LogP contribution in [0, 0.1) is 0 Å². The zero-order valence-electron chi connectivity index (χ0n) is 16.0. The lowest BCUT2D eigenvalue weighted by atomic mass is 10.1. The molecule has 1 aliphatic rings. The van der Waals surface area contributed by atoms with E-state index in [-0.39, 0.29) is 25.5 Å². The molecule has 2 atom stereocenters. The largest absolute Gasteiger partial charge is 0.467 e. The second-order valence-corrected chi connectivity index (χ2v) is 6.94. The molecular weight excluding hydrogens is 340 g/mol. The molecule has 146 valence electrons. The van der Waals surface area contributed by atoms with Gasteiger partial charge in [-0.05, 0) is 27.7 Å². The molecule has 0 aliphatic carbocycles. The second-order valence-electron chi connectivity index (χ2n) is 6.94. The average molecular weight is 368 g/mol. The van der Waals surface area contributed by atoms with E-state index in [2.05, 4.69) is 11.9 Å². The van der Waals surface area contributed by atoms with Crippen LogP contribution in [0.25, 0.3) is 0 Å². The molecule has 1 rings (SSSR count). The molecule has 0 radical (unpaired) electrons. The zero-order chi connectivity index (χ0) is 19.9. The first-order valence-corrected chi connectivity index (χ1v) is 8.35. The van der Waals surface area contributed by atoms with Gasteiger partial charge in [0.05, 0.1) is 31.9 Å². The Labute approximate surface area is 154 Å². The quantitative estimate of drug-likeness (QED) is 0.536. The number of nitrogens with one attached hydrogen (secondary N) is 1. The van der Waals surface area contributed by atoms with Gasteiger partial charge in [-0.15, -0.1) is 0 Å². The molecule has 0 aromatic heterocycles. The van der Waals surface area contributed by atoms with E-state index in [4.69, 9.17) is 14.2 Å². The van der Waals surface area contributed by atoms with Gasteiger partial charge in [0, 0.05) is 11.8 Å². The monoisotopic (exact) mass is 368 g/mol. The third-order valence-electron chi connectivity index (χ3n) is 3.43. The van der Waals surface area contributed by atoms with Crippen LogP contribution in [-0.4, -0.2) is 67.3 Å². The topological polar surface area (TPSA) is 94.2 Å². The molecule has 0 saturated heterocycles. The van der Waals surface area contributed by atoms with Gasteiger partial charge in [-0.2, -0.15) is 0 Å². The molecule has 8 nitrogen and oxygen atoms in total. The molecule has 26 heavy (non-hydrogen) atoms. The van der Waals surface area contributed by atoms with Gasteiger partial charge >= 0.3 is 12.1 Å². The van der Waals surface area contributed by atoms with Gasteiger partial charge in [0.1, 0.15) is 6.61 Å². The normalized spacial score (nSPS) is 17.0. The van der Waals surface area contributed by atoms with Crippen molar-refractivity contribution in [1.29, 1.82) is 0 Å². The fourth-order valence-electron chi connectivity index (χ4n) is 2.49. The van der Waals surface area contributed by atoms with Crippen molar-refractivity contribution in [2.24, 2.45) is 0 Å². The molecule has 8 heteroatoms. The van der Waals surface area contributed by atoms with Gasteiger partial charge in [-0.25, -0.2) is 9.59 Å². The number of hydrogen-bond donors (Lipinski definition) is 1. The first kappa shape index (κ1) is 21.7. The third kappa shape index (κ3) is 6.87. The summed E-state index contributed by atoms with van der Waals surface area (Å²) in [7, 11) is 1.28. The highest BCUT2D eigenvalue weighted by atomic mass is 16.6. The minimum Gasteiger partial charge on any atom is -0.467 e. The second kappa shape index (κ2) is 9.38. The van der Waals surface area contributed by atoms with Crippen molar-refractivity contribution in [2.75, 3.05) is 26.8 Å². The number of ketones is 1. The Morgan fingerprint density at radius 1 is 1.38 bits per heavy atom. The molecule has 1 heterocycles. The number of methoxy groups -OCH3 is 1. The van der Waals surface area contributed by atoms with Crippen LogP contribution in [0.2, 0.25) is 0 Å². The van der Waals surface area contributed by atoms with E-state index in [9.17, 15) is 14.4 Å². The van der Waals surface area contributed by atoms with Gasteiger partial charge in [-0.3, -0.25) is 9.69 Å². The fraction of sp³-hybridized carbons (Fsp3) is 0.611. The Kier molecular flexibility index (Phi) is 7.82. The van der Waals surface area contributed by atoms with Gasteiger partial charge in [0.2, 0.25) is 0 Å². The van der Waals surface area contributed by atoms with Crippen molar-refractivity contribution >= 4 is 17.8 Å². The lowest BCUT2D eigenvalue weighted by molar-refractivity contribution is -0.150. The number of hydrogen-bond acceptors (Lipinski definition) is 7. The smallest absolute Gasteiger partial charge is 0.410 e. The molecule has 1 amide bonds. The SMILES string of the molecule is C=CCOC(=O)N1CC(=O)C=C(N[C@H](C(=O)OC)[C@@H](C)OC(C)(C)C)C1. The number of ether oxygens (including phenoxy) is 3. The van der Waals surface area contributed by atoms with E-state index < -0.39 is 29.8 Å². The molecule has 0 bridgehead atoms. The van der Waals surface area contributed by atoms with Crippen LogP contribution < -0.4 is 5.32 Å². The maximum Gasteiger partial charge on any atom is 0.410 e. The van der Waals surface area contributed by atoms with E-state index in [1.165, 1.54) is 24.2 Å². The minimum atomic E-state index is -0.831. The van der Waals surface area contributed by atoms with Crippen molar-refractivity contribution in [3.63, 3.8) is 0 Å². The Morgan fingerprint density at radius 3 is 2.58 bits per heavy atom. The van der Waals surface area contributed by atoms with E-state index >= 15 is 0 Å². The molecule has 1 aliphatic heterocycles. The summed E-state index contributed by atoms with van der Waals surface area (Å²) in [5.41, 5.74) is -0.0541. The summed E-state index contributed by atoms with van der Waals surface area (Å²) in [6.07, 6.45) is 1.66. The number of amides is 1. The molecule has 0 unspecified atom stereocenters. The summed E-state index contributed by atoms with van der Waals surface area (Å²) in [6.45, 7) is 10.9. The number of carbonyl (C=O) groups is 3. The van der Waals surface area contributed by atoms with E-state index in [0.29, 0.717) is 5.70 Å². The highest BCUT2D eigenvalue weighted by Gasteiger charge is 2.32. The molecule has 0 fully saturated rings. The van der Waals surface area contributed by atoms with Gasteiger partial charge in [-0.1, -0.05) is 12.7 Å². The van der Waals surface area contributed by atoms with Crippen molar-refractivity contribution < 1.29 is 28.6 Å². The van der Waals surface area contributed by atoms with E-state index in [0.717, 1.165) is 0 Å². The lowest BCUT2D eigenvalue weighted by Gasteiger charge is -2.33. The Balaban J connectivity index is 2.88.